The van der Waals surface area contributed by atoms with Gasteiger partial charge in [-0.25, -0.2) is 9.78 Å². The van der Waals surface area contributed by atoms with Crippen LogP contribution in [-0.2, 0) is 4.74 Å². The number of rotatable bonds is 5. The average molecular weight is 561 g/mol. The number of halogens is 2. The molecule has 2 aromatic heterocycles. The highest BCUT2D eigenvalue weighted by Crippen LogP contribution is 2.38. The summed E-state index contributed by atoms with van der Waals surface area (Å²) in [5, 5.41) is 6.86. The van der Waals surface area contributed by atoms with Gasteiger partial charge in [-0.1, -0.05) is 71.2 Å². The van der Waals surface area contributed by atoms with Crippen LogP contribution in [0.3, 0.4) is 0 Å². The zero-order valence-corrected chi connectivity index (χ0v) is 23.1. The fraction of sp³-hybridized carbons (Fsp3) is 0.100. The van der Waals surface area contributed by atoms with Crippen LogP contribution in [0.2, 0.25) is 10.0 Å². The van der Waals surface area contributed by atoms with Crippen LogP contribution in [-0.4, -0.2) is 24.0 Å². The van der Waals surface area contributed by atoms with Crippen molar-refractivity contribution < 1.29 is 14.3 Å². The van der Waals surface area contributed by atoms with Gasteiger partial charge in [0.05, 0.1) is 28.9 Å². The zero-order chi connectivity index (χ0) is 27.0. The molecule has 0 bridgehead atoms. The number of benzene rings is 3. The van der Waals surface area contributed by atoms with Crippen molar-refractivity contribution >= 4 is 62.3 Å². The van der Waals surface area contributed by atoms with Gasteiger partial charge in [-0.15, -0.1) is 11.3 Å². The van der Waals surface area contributed by atoms with Gasteiger partial charge in [0.15, 0.2) is 0 Å². The lowest BCUT2D eigenvalue weighted by Crippen LogP contribution is -2.17. The van der Waals surface area contributed by atoms with E-state index in [1.54, 1.807) is 18.2 Å². The van der Waals surface area contributed by atoms with Gasteiger partial charge in [-0.3, -0.25) is 4.79 Å². The molecular weight excluding hydrogens is 539 g/mol. The van der Waals surface area contributed by atoms with Crippen molar-refractivity contribution in [2.24, 2.45) is 0 Å². The molecule has 5 rings (SSSR count). The highest BCUT2D eigenvalue weighted by atomic mass is 35.5. The Morgan fingerprint density at radius 3 is 2.37 bits per heavy atom. The summed E-state index contributed by atoms with van der Waals surface area (Å²) in [5.41, 5.74) is 5.96. The number of anilines is 1. The molecule has 1 N–H and O–H groups in total. The number of nitrogens with zero attached hydrogens (tertiary/aromatic N) is 1. The maximum atomic E-state index is 13.9. The monoisotopic (exact) mass is 560 g/mol. The summed E-state index contributed by atoms with van der Waals surface area (Å²) in [4.78, 5) is 31.6. The number of ether oxygens (including phenoxy) is 1. The number of aromatic nitrogens is 1. The van der Waals surface area contributed by atoms with Gasteiger partial charge in [-0.2, -0.15) is 0 Å². The number of pyridine rings is 1. The number of carbonyl (C=O) groups excluding carboxylic acids is 2. The molecule has 2 heterocycles. The third kappa shape index (κ3) is 4.78. The molecule has 0 aliphatic carbocycles. The zero-order valence-electron chi connectivity index (χ0n) is 20.8. The van der Waals surface area contributed by atoms with Crippen molar-refractivity contribution in [1.82, 2.24) is 4.98 Å². The Morgan fingerprint density at radius 1 is 0.921 bits per heavy atom. The Kier molecular flexibility index (Phi) is 7.21. The second-order valence-corrected chi connectivity index (χ2v) is 10.5. The van der Waals surface area contributed by atoms with Crippen LogP contribution in [0.25, 0.3) is 33.3 Å². The number of nitrogens with one attached hydrogen (secondary N) is 1. The number of aryl methyl sites for hydroxylation is 1. The van der Waals surface area contributed by atoms with Gasteiger partial charge >= 0.3 is 5.97 Å². The lowest BCUT2D eigenvalue weighted by Gasteiger charge is -2.16. The highest BCUT2D eigenvalue weighted by molar-refractivity contribution is 7.15. The maximum Gasteiger partial charge on any atom is 0.341 e. The lowest BCUT2D eigenvalue weighted by atomic mass is 9.97. The molecule has 0 aliphatic heterocycles. The molecule has 1 amide bonds. The smallest absolute Gasteiger partial charge is 0.341 e. The summed E-state index contributed by atoms with van der Waals surface area (Å²) in [5.74, 6) is -0.892. The molecule has 0 radical (unpaired) electrons. The van der Waals surface area contributed by atoms with Crippen LogP contribution >= 0.6 is 34.5 Å². The average Bonchev–Trinajstić information content (AvgIpc) is 3.31. The van der Waals surface area contributed by atoms with Gasteiger partial charge < -0.3 is 10.1 Å². The van der Waals surface area contributed by atoms with Gasteiger partial charge in [0.2, 0.25) is 0 Å². The molecule has 3 aromatic carbocycles. The van der Waals surface area contributed by atoms with E-state index < -0.39 is 5.97 Å². The van der Waals surface area contributed by atoms with E-state index in [1.165, 1.54) is 18.4 Å². The van der Waals surface area contributed by atoms with Crippen LogP contribution in [0.4, 0.5) is 5.00 Å². The van der Waals surface area contributed by atoms with Gasteiger partial charge in [-0.05, 0) is 49.2 Å². The van der Waals surface area contributed by atoms with Crippen LogP contribution in [0.15, 0.2) is 72.1 Å². The summed E-state index contributed by atoms with van der Waals surface area (Å²) in [6.07, 6.45) is 0. The number of carbonyl (C=O) groups is 2. The van der Waals surface area contributed by atoms with E-state index in [1.807, 2.05) is 67.8 Å². The van der Waals surface area contributed by atoms with E-state index >= 15 is 0 Å². The first-order chi connectivity index (χ1) is 18.3. The summed E-state index contributed by atoms with van der Waals surface area (Å²) < 4.78 is 5.08. The van der Waals surface area contributed by atoms with E-state index in [2.05, 4.69) is 5.32 Å². The summed E-state index contributed by atoms with van der Waals surface area (Å²) in [6.45, 7) is 3.83. The number of hydrogen-bond donors (Lipinski definition) is 1. The minimum Gasteiger partial charge on any atom is -0.465 e. The predicted octanol–water partition coefficient (Wildman–Crippen LogP) is 8.59. The number of hydrogen-bond acceptors (Lipinski definition) is 5. The topological polar surface area (TPSA) is 68.3 Å². The first-order valence-electron chi connectivity index (χ1n) is 11.7. The Bertz CT molecular complexity index is 1710. The number of methoxy groups -OCH3 is 1. The number of para-hydroxylation sites is 1. The van der Waals surface area contributed by atoms with Crippen LogP contribution in [0, 0.1) is 13.8 Å². The van der Waals surface area contributed by atoms with Gasteiger partial charge in [0, 0.05) is 26.9 Å². The van der Waals surface area contributed by atoms with Crippen molar-refractivity contribution in [3.05, 3.63) is 104 Å². The Morgan fingerprint density at radius 2 is 1.66 bits per heavy atom. The molecule has 5 nitrogen and oxygen atoms in total. The fourth-order valence-corrected chi connectivity index (χ4v) is 5.86. The van der Waals surface area contributed by atoms with E-state index in [9.17, 15) is 9.59 Å². The SMILES string of the molecule is COC(=O)c1c(-c2ccc(C)cc2)csc1NC(=O)c1c(C)c(-c2ccc(Cl)cc2Cl)nc2ccccc12. The summed E-state index contributed by atoms with van der Waals surface area (Å²) >= 11 is 13.9. The number of thiophene rings is 1. The molecule has 0 atom stereocenters. The summed E-state index contributed by atoms with van der Waals surface area (Å²) in [6, 6.07) is 20.4. The Hall–Kier alpha value is -3.71. The normalized spacial score (nSPS) is 11.0. The van der Waals surface area contributed by atoms with Crippen molar-refractivity contribution in [3.63, 3.8) is 0 Å². The summed E-state index contributed by atoms with van der Waals surface area (Å²) in [7, 11) is 1.33. The molecule has 0 spiro atoms. The number of fused-ring (bicyclic) bond motifs is 1. The molecule has 190 valence electrons. The highest BCUT2D eigenvalue weighted by Gasteiger charge is 2.25. The first-order valence-corrected chi connectivity index (χ1v) is 13.3. The lowest BCUT2D eigenvalue weighted by molar-refractivity contribution is 0.0603. The van der Waals surface area contributed by atoms with Crippen molar-refractivity contribution in [3.8, 4) is 22.4 Å². The Labute approximate surface area is 234 Å². The van der Waals surface area contributed by atoms with E-state index in [0.29, 0.717) is 59.5 Å². The van der Waals surface area contributed by atoms with Crippen molar-refractivity contribution in [1.29, 1.82) is 0 Å². The quantitative estimate of drug-likeness (QED) is 0.218. The molecule has 0 saturated carbocycles. The predicted molar refractivity (Wildman–Crippen MR) is 156 cm³/mol. The Balaban J connectivity index is 1.63. The molecular formula is C30H22Cl2N2O3S. The van der Waals surface area contributed by atoms with Gasteiger partial charge in [0.1, 0.15) is 10.6 Å². The molecule has 0 fully saturated rings. The first kappa shape index (κ1) is 25.9. The van der Waals surface area contributed by atoms with Crippen LogP contribution in [0.5, 0.6) is 0 Å². The largest absolute Gasteiger partial charge is 0.465 e. The number of amides is 1. The molecule has 0 aliphatic rings. The molecule has 0 saturated heterocycles. The van der Waals surface area contributed by atoms with Crippen LogP contribution in [0.1, 0.15) is 31.8 Å². The second kappa shape index (κ2) is 10.6. The van der Waals surface area contributed by atoms with Crippen molar-refractivity contribution in [2.45, 2.75) is 13.8 Å². The van der Waals surface area contributed by atoms with Gasteiger partial charge in [0.25, 0.3) is 5.91 Å². The van der Waals surface area contributed by atoms with Crippen LogP contribution < -0.4 is 5.32 Å². The van der Waals surface area contributed by atoms with E-state index in [4.69, 9.17) is 32.9 Å². The molecule has 8 heteroatoms. The second-order valence-electron chi connectivity index (χ2n) is 8.77. The number of esters is 1. The molecule has 0 unspecified atom stereocenters. The maximum absolute atomic E-state index is 13.9. The van der Waals surface area contributed by atoms with E-state index in [-0.39, 0.29) is 5.91 Å². The standard InChI is InChI=1S/C30H22Cl2N2O3S/c1-16-8-10-18(11-9-16)22-15-38-29(26(22)30(36)37-3)34-28(35)25-17(2)27(20-13-12-19(31)14-23(20)32)33-24-7-5-4-6-21(24)25/h4-15H,1-3H3,(H,34,35). The third-order valence-corrected chi connectivity index (χ3v) is 7.76. The fourth-order valence-electron chi connectivity index (χ4n) is 4.41. The molecule has 5 aromatic rings. The minimum atomic E-state index is -0.526. The van der Waals surface area contributed by atoms with Crippen molar-refractivity contribution in [2.75, 3.05) is 12.4 Å². The third-order valence-electron chi connectivity index (χ3n) is 6.32. The minimum absolute atomic E-state index is 0.312. The van der Waals surface area contributed by atoms with E-state index in [0.717, 1.165) is 11.1 Å². The molecule has 38 heavy (non-hydrogen) atoms.